The second-order valence-corrected chi connectivity index (χ2v) is 4.69. The molecule has 106 valence electrons. The molecular weight excluding hydrogens is 264 g/mol. The van der Waals surface area contributed by atoms with Crippen LogP contribution < -0.4 is 4.42 Å². The van der Waals surface area contributed by atoms with Crippen LogP contribution in [0, 0.1) is 0 Å². The van der Waals surface area contributed by atoms with Gasteiger partial charge in [0, 0.05) is 25.4 Å². The Hall–Kier alpha value is -1.26. The highest BCUT2D eigenvalue weighted by molar-refractivity contribution is 6.25. The number of benzene rings is 1. The molecule has 0 aliphatic heterocycles. The Morgan fingerprint density at radius 2 is 1.79 bits per heavy atom. The Labute approximate surface area is 120 Å². The summed E-state index contributed by atoms with van der Waals surface area (Å²) in [6, 6.07) is 7.00. The van der Waals surface area contributed by atoms with Gasteiger partial charge in [0.05, 0.1) is 11.3 Å². The van der Waals surface area contributed by atoms with Gasteiger partial charge in [0.2, 0.25) is 0 Å². The fraction of sp³-hybridized carbons (Fsp3) is 0.500. The molecule has 0 aliphatic rings. The monoisotopic (exact) mass is 284 g/mol. The summed E-state index contributed by atoms with van der Waals surface area (Å²) < 4.78 is 6.70. The molecule has 1 aromatic rings. The van der Waals surface area contributed by atoms with Crippen LogP contribution in [0.5, 0.6) is 0 Å². The molecule has 0 bridgehead atoms. The number of hydrogen-bond acceptors (Lipinski definition) is 4. The summed E-state index contributed by atoms with van der Waals surface area (Å²) in [7, 11) is 1.74. The molecule has 0 aromatic heterocycles. The van der Waals surface area contributed by atoms with Crippen LogP contribution in [0.25, 0.3) is 0 Å². The van der Waals surface area contributed by atoms with Crippen molar-refractivity contribution in [2.45, 2.75) is 13.8 Å². The van der Waals surface area contributed by atoms with Gasteiger partial charge in [0.15, 0.2) is 0 Å². The number of rotatable bonds is 7. The zero-order valence-electron chi connectivity index (χ0n) is 11.7. The van der Waals surface area contributed by atoms with Gasteiger partial charge in [0.1, 0.15) is 6.61 Å². The zero-order valence-corrected chi connectivity index (χ0v) is 12.5. The summed E-state index contributed by atoms with van der Waals surface area (Å²) in [5.41, 5.74) is 1.38. The van der Waals surface area contributed by atoms with Crippen LogP contribution >= 0.6 is 11.8 Å². The van der Waals surface area contributed by atoms with Crippen LogP contribution in [0.3, 0.4) is 0 Å². The number of anilines is 1. The number of carbonyl (C=O) groups excluding carboxylic acids is 1. The highest BCUT2D eigenvalue weighted by atomic mass is 35.5. The Kier molecular flexibility index (Phi) is 6.67. The first-order chi connectivity index (χ1) is 9.08. The van der Waals surface area contributed by atoms with Crippen LogP contribution in [0.2, 0.25) is 0 Å². The highest BCUT2D eigenvalue weighted by Crippen LogP contribution is 2.15. The minimum Gasteiger partial charge on any atom is -0.461 e. The summed E-state index contributed by atoms with van der Waals surface area (Å²) in [5.74, 6) is -0.295. The smallest absolute Gasteiger partial charge is 0.338 e. The molecule has 1 rings (SSSR count). The molecule has 0 atom stereocenters. The molecule has 0 spiro atoms. The number of hydrogen-bond donors (Lipinski definition) is 0. The van der Waals surface area contributed by atoms with Gasteiger partial charge < -0.3 is 9.64 Å². The van der Waals surface area contributed by atoms with Gasteiger partial charge >= 0.3 is 5.97 Å². The van der Waals surface area contributed by atoms with Gasteiger partial charge in [-0.1, -0.05) is 13.8 Å². The number of likely N-dealkylation sites (N-methyl/N-ethyl adjacent to an activating group) is 1. The Bertz CT molecular complexity index is 389. The van der Waals surface area contributed by atoms with Crippen molar-refractivity contribution in [3.8, 4) is 0 Å². The first-order valence-electron chi connectivity index (χ1n) is 6.47. The van der Waals surface area contributed by atoms with E-state index in [1.165, 1.54) is 4.42 Å². The topological polar surface area (TPSA) is 32.8 Å². The summed E-state index contributed by atoms with van der Waals surface area (Å²) >= 11 is 5.80. The average Bonchev–Trinajstić information content (AvgIpc) is 2.43. The highest BCUT2D eigenvalue weighted by Gasteiger charge is 2.08. The average molecular weight is 285 g/mol. The van der Waals surface area contributed by atoms with E-state index in [1.807, 2.05) is 0 Å². The standard InChI is InChI=1S/C14H21ClN2O2/c1-4-17(5-2)10-11-19-14(18)12-6-8-13(9-7-12)16(3)15/h6-9H,4-5,10-11H2,1-3H3. The molecule has 0 unspecified atom stereocenters. The van der Waals surface area contributed by atoms with Crippen molar-refractivity contribution < 1.29 is 9.53 Å². The molecule has 1 aromatic carbocycles. The normalized spacial score (nSPS) is 10.6. The van der Waals surface area contributed by atoms with E-state index >= 15 is 0 Å². The van der Waals surface area contributed by atoms with Gasteiger partial charge in [-0.25, -0.2) is 4.79 Å². The molecule has 0 aliphatic carbocycles. The van der Waals surface area contributed by atoms with E-state index in [9.17, 15) is 4.79 Å². The van der Waals surface area contributed by atoms with Crippen molar-refractivity contribution in [1.29, 1.82) is 0 Å². The summed E-state index contributed by atoms with van der Waals surface area (Å²) in [5, 5.41) is 0. The van der Waals surface area contributed by atoms with Crippen molar-refractivity contribution in [2.24, 2.45) is 0 Å². The lowest BCUT2D eigenvalue weighted by Crippen LogP contribution is -2.27. The molecule has 0 saturated heterocycles. The number of nitrogens with zero attached hydrogens (tertiary/aromatic N) is 2. The van der Waals surface area contributed by atoms with E-state index in [4.69, 9.17) is 16.5 Å². The number of carbonyl (C=O) groups is 1. The molecule has 0 fully saturated rings. The van der Waals surface area contributed by atoms with Crippen LogP contribution in [0.15, 0.2) is 24.3 Å². The SMILES string of the molecule is CCN(CC)CCOC(=O)c1ccc(N(C)Cl)cc1. The maximum absolute atomic E-state index is 11.8. The molecule has 0 N–H and O–H groups in total. The third kappa shape index (κ3) is 5.09. The molecule has 0 amide bonds. The second-order valence-electron chi connectivity index (χ2n) is 4.19. The maximum atomic E-state index is 11.8. The Morgan fingerprint density at radius 3 is 2.26 bits per heavy atom. The van der Waals surface area contributed by atoms with E-state index in [0.29, 0.717) is 12.2 Å². The van der Waals surface area contributed by atoms with E-state index in [2.05, 4.69) is 18.7 Å². The third-order valence-electron chi connectivity index (χ3n) is 2.99. The van der Waals surface area contributed by atoms with Crippen LogP contribution in [0.4, 0.5) is 5.69 Å². The molecule has 0 heterocycles. The summed E-state index contributed by atoms with van der Waals surface area (Å²) in [6.07, 6.45) is 0. The molecule has 0 saturated carbocycles. The van der Waals surface area contributed by atoms with Gasteiger partial charge in [0.25, 0.3) is 0 Å². The van der Waals surface area contributed by atoms with E-state index in [-0.39, 0.29) is 5.97 Å². The number of esters is 1. The van der Waals surface area contributed by atoms with Crippen LogP contribution in [-0.4, -0.2) is 44.2 Å². The molecule has 4 nitrogen and oxygen atoms in total. The largest absolute Gasteiger partial charge is 0.461 e. The lowest BCUT2D eigenvalue weighted by Gasteiger charge is -2.17. The van der Waals surface area contributed by atoms with Crippen molar-refractivity contribution in [3.05, 3.63) is 29.8 Å². The predicted octanol–water partition coefficient (Wildman–Crippen LogP) is 2.78. The summed E-state index contributed by atoms with van der Waals surface area (Å²) in [4.78, 5) is 14.0. The molecule has 0 radical (unpaired) electrons. The number of halogens is 1. The van der Waals surface area contributed by atoms with Crippen LogP contribution in [-0.2, 0) is 4.74 Å². The first-order valence-corrected chi connectivity index (χ1v) is 6.81. The van der Waals surface area contributed by atoms with Gasteiger partial charge in [-0.3, -0.25) is 4.42 Å². The van der Waals surface area contributed by atoms with Gasteiger partial charge in [-0.2, -0.15) is 0 Å². The van der Waals surface area contributed by atoms with Crippen molar-refractivity contribution >= 4 is 23.4 Å². The van der Waals surface area contributed by atoms with Gasteiger partial charge in [-0.05, 0) is 37.4 Å². The number of ether oxygens (including phenoxy) is 1. The van der Waals surface area contributed by atoms with Crippen molar-refractivity contribution in [2.75, 3.05) is 37.7 Å². The van der Waals surface area contributed by atoms with Crippen molar-refractivity contribution in [1.82, 2.24) is 4.90 Å². The Morgan fingerprint density at radius 1 is 1.21 bits per heavy atom. The summed E-state index contributed by atoms with van der Waals surface area (Å²) in [6.45, 7) is 7.29. The Balaban J connectivity index is 2.45. The van der Waals surface area contributed by atoms with E-state index in [1.54, 1.807) is 31.3 Å². The fourth-order valence-electron chi connectivity index (χ4n) is 1.69. The zero-order chi connectivity index (χ0) is 14.3. The van der Waals surface area contributed by atoms with Crippen molar-refractivity contribution in [3.63, 3.8) is 0 Å². The lowest BCUT2D eigenvalue weighted by molar-refractivity contribution is 0.0466. The predicted molar refractivity (Wildman–Crippen MR) is 78.8 cm³/mol. The maximum Gasteiger partial charge on any atom is 0.338 e. The molecular formula is C14H21ClN2O2. The van der Waals surface area contributed by atoms with E-state index in [0.717, 1.165) is 25.3 Å². The second kappa shape index (κ2) is 8.02. The molecule has 19 heavy (non-hydrogen) atoms. The quantitative estimate of drug-likeness (QED) is 0.569. The van der Waals surface area contributed by atoms with Gasteiger partial charge in [-0.15, -0.1) is 0 Å². The first kappa shape index (κ1) is 15.8. The van der Waals surface area contributed by atoms with Crippen LogP contribution in [0.1, 0.15) is 24.2 Å². The molecule has 5 heteroatoms. The third-order valence-corrected chi connectivity index (χ3v) is 3.19. The lowest BCUT2D eigenvalue weighted by atomic mass is 10.2. The fourth-order valence-corrected chi connectivity index (χ4v) is 1.81. The minimum atomic E-state index is -0.295. The minimum absolute atomic E-state index is 0.295. The van der Waals surface area contributed by atoms with E-state index < -0.39 is 0 Å².